The molecule has 0 aromatic heterocycles. The van der Waals surface area contributed by atoms with E-state index in [-0.39, 0.29) is 6.04 Å². The number of aryl methyl sites for hydroxylation is 2. The van der Waals surface area contributed by atoms with Gasteiger partial charge in [0, 0.05) is 15.5 Å². The lowest BCUT2D eigenvalue weighted by Gasteiger charge is -2.14. The molecule has 0 heterocycles. The van der Waals surface area contributed by atoms with E-state index in [4.69, 9.17) is 17.3 Å². The summed E-state index contributed by atoms with van der Waals surface area (Å²) in [6.07, 6.45) is 0.750. The van der Waals surface area contributed by atoms with Gasteiger partial charge in [-0.2, -0.15) is 0 Å². The van der Waals surface area contributed by atoms with E-state index in [1.807, 2.05) is 19.1 Å². The zero-order chi connectivity index (χ0) is 14.0. The van der Waals surface area contributed by atoms with Crippen LogP contribution in [0.15, 0.2) is 40.9 Å². The summed E-state index contributed by atoms with van der Waals surface area (Å²) in [6.45, 7) is 4.10. The van der Waals surface area contributed by atoms with Crippen LogP contribution in [0.5, 0.6) is 0 Å². The molecule has 0 fully saturated rings. The Morgan fingerprint density at radius 1 is 1.16 bits per heavy atom. The second-order valence-electron chi connectivity index (χ2n) is 4.91. The van der Waals surface area contributed by atoms with Crippen LogP contribution in [0.1, 0.15) is 28.3 Å². The lowest BCUT2D eigenvalue weighted by Crippen LogP contribution is -2.13. The minimum absolute atomic E-state index is 0.0352. The first-order valence-electron chi connectivity index (χ1n) is 6.24. The van der Waals surface area contributed by atoms with Crippen LogP contribution in [0.3, 0.4) is 0 Å². The molecule has 2 aromatic carbocycles. The molecule has 0 aliphatic carbocycles. The van der Waals surface area contributed by atoms with E-state index in [0.29, 0.717) is 0 Å². The van der Waals surface area contributed by atoms with Crippen LogP contribution in [0, 0.1) is 13.8 Å². The number of benzene rings is 2. The number of hydrogen-bond acceptors (Lipinski definition) is 1. The predicted molar refractivity (Wildman–Crippen MR) is 85.7 cm³/mol. The van der Waals surface area contributed by atoms with Gasteiger partial charge in [0.1, 0.15) is 0 Å². The molecule has 1 atom stereocenters. The van der Waals surface area contributed by atoms with Gasteiger partial charge < -0.3 is 5.73 Å². The lowest BCUT2D eigenvalue weighted by atomic mass is 9.98. The summed E-state index contributed by atoms with van der Waals surface area (Å²) < 4.78 is 1.11. The second-order valence-corrected chi connectivity index (χ2v) is 6.18. The SMILES string of the molecule is Cc1ccc(CC(N)c2ccc(Br)c(C)c2)c(Cl)c1. The Kier molecular flexibility index (Phi) is 4.67. The van der Waals surface area contributed by atoms with Gasteiger partial charge in [-0.1, -0.05) is 51.8 Å². The highest BCUT2D eigenvalue weighted by molar-refractivity contribution is 9.10. The Hall–Kier alpha value is -0.830. The van der Waals surface area contributed by atoms with Crippen molar-refractivity contribution in [2.45, 2.75) is 26.3 Å². The second kappa shape index (κ2) is 6.08. The third-order valence-electron chi connectivity index (χ3n) is 3.26. The molecule has 2 aromatic rings. The Morgan fingerprint density at radius 2 is 1.89 bits per heavy atom. The van der Waals surface area contributed by atoms with Crippen molar-refractivity contribution >= 4 is 27.5 Å². The summed E-state index contributed by atoms with van der Waals surface area (Å²) in [5.41, 5.74) is 10.9. The first kappa shape index (κ1) is 14.6. The summed E-state index contributed by atoms with van der Waals surface area (Å²) in [5.74, 6) is 0. The molecular weight excluding hydrogens is 322 g/mol. The Morgan fingerprint density at radius 3 is 2.53 bits per heavy atom. The van der Waals surface area contributed by atoms with Gasteiger partial charge in [-0.3, -0.25) is 0 Å². The van der Waals surface area contributed by atoms with Gasteiger partial charge in [-0.05, 0) is 54.7 Å². The van der Waals surface area contributed by atoms with Crippen molar-refractivity contribution in [2.24, 2.45) is 5.73 Å². The molecule has 1 nitrogen and oxygen atoms in total. The van der Waals surface area contributed by atoms with Crippen molar-refractivity contribution in [2.75, 3.05) is 0 Å². The molecule has 100 valence electrons. The van der Waals surface area contributed by atoms with Gasteiger partial charge in [0.05, 0.1) is 0 Å². The van der Waals surface area contributed by atoms with Gasteiger partial charge in [0.15, 0.2) is 0 Å². The quantitative estimate of drug-likeness (QED) is 0.841. The molecule has 0 bridgehead atoms. The molecule has 0 saturated heterocycles. The van der Waals surface area contributed by atoms with Gasteiger partial charge in [0.2, 0.25) is 0 Å². The minimum Gasteiger partial charge on any atom is -0.324 e. The molecule has 2 N–H and O–H groups in total. The molecule has 0 aliphatic rings. The highest BCUT2D eigenvalue weighted by Gasteiger charge is 2.10. The van der Waals surface area contributed by atoms with Crippen LogP contribution >= 0.6 is 27.5 Å². The summed E-state index contributed by atoms with van der Waals surface area (Å²) in [6, 6.07) is 12.3. The summed E-state index contributed by atoms with van der Waals surface area (Å²) in [7, 11) is 0. The lowest BCUT2D eigenvalue weighted by molar-refractivity contribution is 0.721. The Bertz CT molecular complexity index is 595. The van der Waals surface area contributed by atoms with Crippen molar-refractivity contribution in [3.8, 4) is 0 Å². The smallest absolute Gasteiger partial charge is 0.0441 e. The first-order valence-corrected chi connectivity index (χ1v) is 7.41. The van der Waals surface area contributed by atoms with E-state index in [1.54, 1.807) is 0 Å². The first-order chi connectivity index (χ1) is 8.97. The normalized spacial score (nSPS) is 12.5. The van der Waals surface area contributed by atoms with Crippen LogP contribution in [0.4, 0.5) is 0 Å². The average Bonchev–Trinajstić information content (AvgIpc) is 2.36. The number of hydrogen-bond donors (Lipinski definition) is 1. The van der Waals surface area contributed by atoms with E-state index in [0.717, 1.165) is 27.0 Å². The average molecular weight is 339 g/mol. The van der Waals surface area contributed by atoms with Gasteiger partial charge in [-0.15, -0.1) is 0 Å². The molecule has 0 spiro atoms. The van der Waals surface area contributed by atoms with Crippen molar-refractivity contribution in [3.05, 3.63) is 68.1 Å². The van der Waals surface area contributed by atoms with Crippen LogP contribution in [-0.4, -0.2) is 0 Å². The molecule has 0 radical (unpaired) electrons. The van der Waals surface area contributed by atoms with Gasteiger partial charge >= 0.3 is 0 Å². The molecule has 0 aliphatic heterocycles. The monoisotopic (exact) mass is 337 g/mol. The third kappa shape index (κ3) is 3.59. The predicted octanol–water partition coefficient (Wildman–Crippen LogP) is 4.96. The molecular formula is C16H17BrClN. The van der Waals surface area contributed by atoms with Crippen LogP contribution < -0.4 is 5.73 Å². The Labute approximate surface area is 127 Å². The minimum atomic E-state index is -0.0352. The largest absolute Gasteiger partial charge is 0.324 e. The molecule has 0 amide bonds. The van der Waals surface area contributed by atoms with E-state index >= 15 is 0 Å². The fourth-order valence-electron chi connectivity index (χ4n) is 2.07. The summed E-state index contributed by atoms with van der Waals surface area (Å²) >= 11 is 9.76. The molecule has 0 saturated carbocycles. The van der Waals surface area contributed by atoms with Crippen LogP contribution in [0.25, 0.3) is 0 Å². The van der Waals surface area contributed by atoms with Crippen molar-refractivity contribution in [3.63, 3.8) is 0 Å². The summed E-state index contributed by atoms with van der Waals surface area (Å²) in [4.78, 5) is 0. The van der Waals surface area contributed by atoms with Crippen LogP contribution in [-0.2, 0) is 6.42 Å². The maximum atomic E-state index is 6.28. The fourth-order valence-corrected chi connectivity index (χ4v) is 2.63. The van der Waals surface area contributed by atoms with E-state index < -0.39 is 0 Å². The molecule has 19 heavy (non-hydrogen) atoms. The van der Waals surface area contributed by atoms with Gasteiger partial charge in [-0.25, -0.2) is 0 Å². The van der Waals surface area contributed by atoms with E-state index in [1.165, 1.54) is 11.1 Å². The topological polar surface area (TPSA) is 26.0 Å². The zero-order valence-corrected chi connectivity index (χ0v) is 13.4. The van der Waals surface area contributed by atoms with Crippen molar-refractivity contribution in [1.82, 2.24) is 0 Å². The third-order valence-corrected chi connectivity index (χ3v) is 4.50. The number of halogens is 2. The summed E-state index contributed by atoms with van der Waals surface area (Å²) in [5, 5.41) is 0.796. The highest BCUT2D eigenvalue weighted by atomic mass is 79.9. The van der Waals surface area contributed by atoms with Gasteiger partial charge in [0.25, 0.3) is 0 Å². The molecule has 2 rings (SSSR count). The standard InChI is InChI=1S/C16H17BrClN/c1-10-3-4-12(15(18)7-10)9-16(19)13-5-6-14(17)11(2)8-13/h3-8,16H,9,19H2,1-2H3. The molecule has 3 heteroatoms. The van der Waals surface area contributed by atoms with E-state index in [2.05, 4.69) is 47.1 Å². The van der Waals surface area contributed by atoms with E-state index in [9.17, 15) is 0 Å². The Balaban J connectivity index is 2.20. The highest BCUT2D eigenvalue weighted by Crippen LogP contribution is 2.25. The molecule has 1 unspecified atom stereocenters. The maximum absolute atomic E-state index is 6.28. The number of nitrogens with two attached hydrogens (primary N) is 1. The fraction of sp³-hybridized carbons (Fsp3) is 0.250. The van der Waals surface area contributed by atoms with Crippen molar-refractivity contribution in [1.29, 1.82) is 0 Å². The maximum Gasteiger partial charge on any atom is 0.0441 e. The van der Waals surface area contributed by atoms with Crippen molar-refractivity contribution < 1.29 is 0 Å². The van der Waals surface area contributed by atoms with Crippen LogP contribution in [0.2, 0.25) is 5.02 Å². The number of rotatable bonds is 3. The zero-order valence-electron chi connectivity index (χ0n) is 11.1.